The maximum atomic E-state index is 11.0. The molecule has 0 amide bonds. The standard InChI is InChI=1S/C10H18O4/c1-2-3-4-13-10(12)7-14-9-5-8(11)6-9/h8-9,11H,2-7H2,1H3. The molecule has 0 unspecified atom stereocenters. The van der Waals surface area contributed by atoms with Gasteiger partial charge in [0, 0.05) is 0 Å². The van der Waals surface area contributed by atoms with Crippen LogP contribution in [0.1, 0.15) is 32.6 Å². The van der Waals surface area contributed by atoms with E-state index in [9.17, 15) is 4.79 Å². The molecule has 0 bridgehead atoms. The zero-order chi connectivity index (χ0) is 10.4. The molecule has 14 heavy (non-hydrogen) atoms. The molecule has 0 heterocycles. The fraction of sp³-hybridized carbons (Fsp3) is 0.900. The summed E-state index contributed by atoms with van der Waals surface area (Å²) in [5.74, 6) is -0.306. The van der Waals surface area contributed by atoms with Crippen LogP contribution in [-0.4, -0.2) is 36.5 Å². The lowest BCUT2D eigenvalue weighted by Crippen LogP contribution is -2.36. The highest BCUT2D eigenvalue weighted by Crippen LogP contribution is 2.22. The van der Waals surface area contributed by atoms with Crippen molar-refractivity contribution < 1.29 is 19.4 Å². The molecule has 0 radical (unpaired) electrons. The van der Waals surface area contributed by atoms with Crippen molar-refractivity contribution in [3.05, 3.63) is 0 Å². The Bertz CT molecular complexity index is 175. The average Bonchev–Trinajstić information content (AvgIpc) is 2.11. The number of ether oxygens (including phenoxy) is 2. The number of aliphatic hydroxyl groups excluding tert-OH is 1. The van der Waals surface area contributed by atoms with Gasteiger partial charge in [-0.3, -0.25) is 0 Å². The molecular weight excluding hydrogens is 184 g/mol. The van der Waals surface area contributed by atoms with Crippen LogP contribution < -0.4 is 0 Å². The fourth-order valence-electron chi connectivity index (χ4n) is 1.23. The lowest BCUT2D eigenvalue weighted by Gasteiger charge is -2.30. The molecule has 0 aromatic rings. The quantitative estimate of drug-likeness (QED) is 0.513. The van der Waals surface area contributed by atoms with Crippen molar-refractivity contribution in [2.24, 2.45) is 0 Å². The molecule has 4 nitrogen and oxygen atoms in total. The summed E-state index contributed by atoms with van der Waals surface area (Å²) in [6.07, 6.45) is 3.00. The lowest BCUT2D eigenvalue weighted by atomic mass is 9.92. The van der Waals surface area contributed by atoms with Gasteiger partial charge in [-0.2, -0.15) is 0 Å². The molecule has 0 aliphatic heterocycles. The molecule has 1 rings (SSSR count). The molecule has 82 valence electrons. The number of unbranched alkanes of at least 4 members (excludes halogenated alkanes) is 1. The second-order valence-electron chi connectivity index (χ2n) is 3.63. The van der Waals surface area contributed by atoms with Crippen molar-refractivity contribution in [1.82, 2.24) is 0 Å². The summed E-state index contributed by atoms with van der Waals surface area (Å²) in [5.41, 5.74) is 0. The monoisotopic (exact) mass is 202 g/mol. The van der Waals surface area contributed by atoms with Gasteiger partial charge in [-0.15, -0.1) is 0 Å². The molecule has 0 spiro atoms. The van der Waals surface area contributed by atoms with Gasteiger partial charge in [0.2, 0.25) is 0 Å². The molecule has 1 aliphatic rings. The van der Waals surface area contributed by atoms with Gasteiger partial charge in [0.25, 0.3) is 0 Å². The Balaban J connectivity index is 1.93. The van der Waals surface area contributed by atoms with Gasteiger partial charge >= 0.3 is 5.97 Å². The van der Waals surface area contributed by atoms with Gasteiger partial charge in [0.05, 0.1) is 18.8 Å². The number of aliphatic hydroxyl groups is 1. The second-order valence-corrected chi connectivity index (χ2v) is 3.63. The van der Waals surface area contributed by atoms with Crippen LogP contribution in [0.25, 0.3) is 0 Å². The number of rotatable bonds is 6. The van der Waals surface area contributed by atoms with E-state index >= 15 is 0 Å². The zero-order valence-electron chi connectivity index (χ0n) is 8.57. The van der Waals surface area contributed by atoms with Crippen LogP contribution in [0.5, 0.6) is 0 Å². The van der Waals surface area contributed by atoms with Gasteiger partial charge in [0.1, 0.15) is 6.61 Å². The molecule has 1 fully saturated rings. The van der Waals surface area contributed by atoms with Crippen molar-refractivity contribution in [3.8, 4) is 0 Å². The van der Waals surface area contributed by atoms with Crippen LogP contribution in [0.4, 0.5) is 0 Å². The summed E-state index contributed by atoms with van der Waals surface area (Å²) < 4.78 is 10.1. The predicted octanol–water partition coefficient (Wildman–Crippen LogP) is 0.870. The summed E-state index contributed by atoms with van der Waals surface area (Å²) in [6.45, 7) is 2.53. The van der Waals surface area contributed by atoms with Crippen LogP contribution >= 0.6 is 0 Å². The Labute approximate surface area is 84.2 Å². The number of carbonyl (C=O) groups is 1. The largest absolute Gasteiger partial charge is 0.464 e. The fourth-order valence-corrected chi connectivity index (χ4v) is 1.23. The first-order valence-electron chi connectivity index (χ1n) is 5.17. The third kappa shape index (κ3) is 4.07. The number of esters is 1. The summed E-state index contributed by atoms with van der Waals surface area (Å²) in [4.78, 5) is 11.0. The normalized spacial score (nSPS) is 25.6. The highest BCUT2D eigenvalue weighted by molar-refractivity contribution is 5.70. The minimum Gasteiger partial charge on any atom is -0.464 e. The van der Waals surface area contributed by atoms with Crippen LogP contribution in [0.3, 0.4) is 0 Å². The molecule has 1 N–H and O–H groups in total. The van der Waals surface area contributed by atoms with E-state index in [1.807, 2.05) is 6.92 Å². The van der Waals surface area contributed by atoms with E-state index in [4.69, 9.17) is 14.6 Å². The highest BCUT2D eigenvalue weighted by Gasteiger charge is 2.28. The van der Waals surface area contributed by atoms with E-state index in [1.54, 1.807) is 0 Å². The Kier molecular flexibility index (Phi) is 4.90. The van der Waals surface area contributed by atoms with E-state index in [1.165, 1.54) is 0 Å². The van der Waals surface area contributed by atoms with Crippen molar-refractivity contribution in [3.63, 3.8) is 0 Å². The van der Waals surface area contributed by atoms with Crippen LogP contribution in [0.2, 0.25) is 0 Å². The highest BCUT2D eigenvalue weighted by atomic mass is 16.6. The predicted molar refractivity (Wildman–Crippen MR) is 50.8 cm³/mol. The summed E-state index contributed by atoms with van der Waals surface area (Å²) in [6, 6.07) is 0. The molecule has 1 aliphatic carbocycles. The Hall–Kier alpha value is -0.610. The third-order valence-corrected chi connectivity index (χ3v) is 2.27. The minimum atomic E-state index is -0.306. The lowest BCUT2D eigenvalue weighted by molar-refractivity contribution is -0.156. The Morgan fingerprint density at radius 1 is 1.50 bits per heavy atom. The topological polar surface area (TPSA) is 55.8 Å². The van der Waals surface area contributed by atoms with E-state index in [0.29, 0.717) is 19.4 Å². The zero-order valence-corrected chi connectivity index (χ0v) is 8.57. The van der Waals surface area contributed by atoms with Crippen molar-refractivity contribution >= 4 is 5.97 Å². The molecule has 0 atom stereocenters. The summed E-state index contributed by atoms with van der Waals surface area (Å²) in [5, 5.41) is 8.96. The minimum absolute atomic E-state index is 0.0150. The van der Waals surface area contributed by atoms with E-state index < -0.39 is 0 Å². The van der Waals surface area contributed by atoms with Crippen molar-refractivity contribution in [1.29, 1.82) is 0 Å². The van der Waals surface area contributed by atoms with Crippen molar-refractivity contribution in [2.75, 3.05) is 13.2 Å². The molecule has 0 aromatic heterocycles. The Morgan fingerprint density at radius 2 is 2.21 bits per heavy atom. The van der Waals surface area contributed by atoms with Gasteiger partial charge in [-0.25, -0.2) is 4.79 Å². The number of hydrogen-bond donors (Lipinski definition) is 1. The maximum absolute atomic E-state index is 11.0. The summed E-state index contributed by atoms with van der Waals surface area (Å²) >= 11 is 0. The molecule has 4 heteroatoms. The van der Waals surface area contributed by atoms with Crippen LogP contribution in [0.15, 0.2) is 0 Å². The van der Waals surface area contributed by atoms with E-state index in [2.05, 4.69) is 0 Å². The van der Waals surface area contributed by atoms with Crippen LogP contribution in [0, 0.1) is 0 Å². The average molecular weight is 202 g/mol. The van der Waals surface area contributed by atoms with Crippen molar-refractivity contribution in [2.45, 2.75) is 44.8 Å². The van der Waals surface area contributed by atoms with E-state index in [-0.39, 0.29) is 24.8 Å². The van der Waals surface area contributed by atoms with Gasteiger partial charge < -0.3 is 14.6 Å². The smallest absolute Gasteiger partial charge is 0.332 e. The van der Waals surface area contributed by atoms with Gasteiger partial charge in [-0.05, 0) is 19.3 Å². The summed E-state index contributed by atoms with van der Waals surface area (Å²) in [7, 11) is 0. The molecule has 1 saturated carbocycles. The first-order valence-corrected chi connectivity index (χ1v) is 5.17. The van der Waals surface area contributed by atoms with Gasteiger partial charge in [0.15, 0.2) is 0 Å². The molecular formula is C10H18O4. The van der Waals surface area contributed by atoms with Crippen LogP contribution in [-0.2, 0) is 14.3 Å². The SMILES string of the molecule is CCCCOC(=O)COC1CC(O)C1. The first-order chi connectivity index (χ1) is 6.72. The van der Waals surface area contributed by atoms with E-state index in [0.717, 1.165) is 12.8 Å². The number of carbonyl (C=O) groups excluding carboxylic acids is 1. The molecule has 0 saturated heterocycles. The number of hydrogen-bond acceptors (Lipinski definition) is 4. The third-order valence-electron chi connectivity index (χ3n) is 2.27. The van der Waals surface area contributed by atoms with Gasteiger partial charge in [-0.1, -0.05) is 13.3 Å². The second kappa shape index (κ2) is 5.98. The maximum Gasteiger partial charge on any atom is 0.332 e. The Morgan fingerprint density at radius 3 is 2.79 bits per heavy atom. The molecule has 0 aromatic carbocycles. The first kappa shape index (κ1) is 11.5.